The number of aliphatic carboxylic acids is 1. The molecule has 0 saturated heterocycles. The second-order valence-electron chi connectivity index (χ2n) is 4.44. The Morgan fingerprint density at radius 2 is 2.14 bits per heavy atom. The van der Waals surface area contributed by atoms with Gasteiger partial charge in [-0.3, -0.25) is 4.79 Å². The second kappa shape index (κ2) is 8.04. The Labute approximate surface area is 122 Å². The van der Waals surface area contributed by atoms with Crippen molar-refractivity contribution in [2.45, 2.75) is 26.4 Å². The van der Waals surface area contributed by atoms with Gasteiger partial charge in [-0.2, -0.15) is 0 Å². The van der Waals surface area contributed by atoms with Crippen molar-refractivity contribution in [3.8, 4) is 5.75 Å². The zero-order valence-corrected chi connectivity index (χ0v) is 11.9. The summed E-state index contributed by atoms with van der Waals surface area (Å²) in [6, 6.07) is 3.78. The monoisotopic (exact) mass is 295 g/mol. The lowest BCUT2D eigenvalue weighted by Crippen LogP contribution is -2.36. The van der Waals surface area contributed by atoms with E-state index in [4.69, 9.17) is 9.84 Å². The summed E-state index contributed by atoms with van der Waals surface area (Å²) in [4.78, 5) is 22.1. The summed E-state index contributed by atoms with van der Waals surface area (Å²) in [6.07, 6.45) is 2.19. The van der Waals surface area contributed by atoms with Crippen LogP contribution in [0.1, 0.15) is 25.8 Å². The maximum Gasteiger partial charge on any atom is 0.328 e. The molecule has 0 aromatic heterocycles. The average Bonchev–Trinajstić information content (AvgIpc) is 2.41. The van der Waals surface area contributed by atoms with Gasteiger partial charge < -0.3 is 15.2 Å². The van der Waals surface area contributed by atoms with Crippen molar-refractivity contribution in [3.63, 3.8) is 0 Å². The molecule has 0 saturated carbocycles. The molecule has 1 atom stereocenters. The number of halogens is 1. The van der Waals surface area contributed by atoms with E-state index < -0.39 is 17.9 Å². The number of ether oxygens (including phenoxy) is 1. The van der Waals surface area contributed by atoms with E-state index in [9.17, 15) is 14.0 Å². The van der Waals surface area contributed by atoms with Crippen LogP contribution in [0.15, 0.2) is 24.3 Å². The standard InChI is InChI=1S/C15H18FNO4/c1-3-6-17-15(20)10(2)21-13-8-11(4-5-14(18)19)7-12(16)9-13/h4-5,7-10H,3,6H2,1-2H3,(H,17,20)(H,18,19)/b5-4+. The molecule has 21 heavy (non-hydrogen) atoms. The number of carboxylic acid groups (broad SMARTS) is 1. The summed E-state index contributed by atoms with van der Waals surface area (Å²) in [7, 11) is 0. The van der Waals surface area contributed by atoms with E-state index in [0.717, 1.165) is 18.6 Å². The summed E-state index contributed by atoms with van der Waals surface area (Å²) < 4.78 is 18.8. The largest absolute Gasteiger partial charge is 0.481 e. The number of hydrogen-bond acceptors (Lipinski definition) is 3. The summed E-state index contributed by atoms with van der Waals surface area (Å²) in [6.45, 7) is 4.03. The van der Waals surface area contributed by atoms with Crippen LogP contribution in [-0.4, -0.2) is 29.6 Å². The molecule has 0 spiro atoms. The second-order valence-corrected chi connectivity index (χ2v) is 4.44. The quantitative estimate of drug-likeness (QED) is 0.756. The minimum Gasteiger partial charge on any atom is -0.481 e. The first kappa shape index (κ1) is 16.7. The number of hydrogen-bond donors (Lipinski definition) is 2. The highest BCUT2D eigenvalue weighted by atomic mass is 19.1. The van der Waals surface area contributed by atoms with Crippen molar-refractivity contribution < 1.29 is 23.8 Å². The Kier molecular flexibility index (Phi) is 6.39. The minimum absolute atomic E-state index is 0.166. The molecule has 0 heterocycles. The third kappa shape index (κ3) is 6.07. The highest BCUT2D eigenvalue weighted by Crippen LogP contribution is 2.19. The van der Waals surface area contributed by atoms with Gasteiger partial charge in [-0.15, -0.1) is 0 Å². The third-order valence-corrected chi connectivity index (χ3v) is 2.54. The molecular formula is C15H18FNO4. The molecule has 1 amide bonds. The van der Waals surface area contributed by atoms with Gasteiger partial charge >= 0.3 is 5.97 Å². The highest BCUT2D eigenvalue weighted by molar-refractivity contribution is 5.85. The van der Waals surface area contributed by atoms with Crippen LogP contribution in [0.25, 0.3) is 6.08 Å². The van der Waals surface area contributed by atoms with Crippen LogP contribution in [0, 0.1) is 5.82 Å². The van der Waals surface area contributed by atoms with E-state index in [-0.39, 0.29) is 11.7 Å². The normalized spacial score (nSPS) is 12.1. The molecule has 1 aromatic carbocycles. The van der Waals surface area contributed by atoms with Gasteiger partial charge in [0.15, 0.2) is 6.10 Å². The summed E-state index contributed by atoms with van der Waals surface area (Å²) in [5.41, 5.74) is 0.341. The Morgan fingerprint density at radius 1 is 1.43 bits per heavy atom. The third-order valence-electron chi connectivity index (χ3n) is 2.54. The van der Waals surface area contributed by atoms with E-state index in [2.05, 4.69) is 5.32 Å². The number of carboxylic acids is 1. The minimum atomic E-state index is -1.13. The van der Waals surface area contributed by atoms with Gasteiger partial charge in [0.05, 0.1) is 0 Å². The van der Waals surface area contributed by atoms with Crippen LogP contribution in [0.2, 0.25) is 0 Å². The molecule has 0 aliphatic heterocycles. The Hall–Kier alpha value is -2.37. The van der Waals surface area contributed by atoms with Gasteiger partial charge in [-0.05, 0) is 37.1 Å². The molecule has 0 aliphatic carbocycles. The molecule has 6 heteroatoms. The number of amides is 1. The van der Waals surface area contributed by atoms with Crippen molar-refractivity contribution in [1.29, 1.82) is 0 Å². The number of carbonyl (C=O) groups excluding carboxylic acids is 1. The SMILES string of the molecule is CCCNC(=O)C(C)Oc1cc(F)cc(/C=C/C(=O)O)c1. The Balaban J connectivity index is 2.79. The summed E-state index contributed by atoms with van der Waals surface area (Å²) >= 11 is 0. The van der Waals surface area contributed by atoms with Crippen LogP contribution in [0.5, 0.6) is 5.75 Å². The van der Waals surface area contributed by atoms with E-state index in [1.807, 2.05) is 6.92 Å². The van der Waals surface area contributed by atoms with Gasteiger partial charge in [0.1, 0.15) is 11.6 Å². The van der Waals surface area contributed by atoms with Crippen LogP contribution in [0.3, 0.4) is 0 Å². The maximum absolute atomic E-state index is 13.4. The fraction of sp³-hybridized carbons (Fsp3) is 0.333. The van der Waals surface area contributed by atoms with Crippen molar-refractivity contribution in [2.24, 2.45) is 0 Å². The van der Waals surface area contributed by atoms with E-state index in [0.29, 0.717) is 12.1 Å². The lowest BCUT2D eigenvalue weighted by Gasteiger charge is -2.15. The van der Waals surface area contributed by atoms with E-state index in [1.165, 1.54) is 18.2 Å². The molecule has 0 fully saturated rings. The first-order valence-corrected chi connectivity index (χ1v) is 6.58. The maximum atomic E-state index is 13.4. The van der Waals surface area contributed by atoms with Crippen molar-refractivity contribution in [1.82, 2.24) is 5.32 Å². The predicted molar refractivity (Wildman–Crippen MR) is 76.5 cm³/mol. The van der Waals surface area contributed by atoms with Gasteiger partial charge in [0.25, 0.3) is 5.91 Å². The Morgan fingerprint density at radius 3 is 2.76 bits per heavy atom. The highest BCUT2D eigenvalue weighted by Gasteiger charge is 2.14. The average molecular weight is 295 g/mol. The first-order valence-electron chi connectivity index (χ1n) is 6.58. The lowest BCUT2D eigenvalue weighted by molar-refractivity contribution is -0.131. The van der Waals surface area contributed by atoms with Gasteiger partial charge in [-0.1, -0.05) is 6.92 Å². The molecule has 114 valence electrons. The molecule has 1 aromatic rings. The molecule has 0 aliphatic rings. The number of nitrogens with one attached hydrogen (secondary N) is 1. The molecule has 0 radical (unpaired) electrons. The zero-order chi connectivity index (χ0) is 15.8. The summed E-state index contributed by atoms with van der Waals surface area (Å²) in [5.74, 6) is -1.82. The van der Waals surface area contributed by atoms with Crippen molar-refractivity contribution in [2.75, 3.05) is 6.54 Å². The molecule has 5 nitrogen and oxygen atoms in total. The van der Waals surface area contributed by atoms with Crippen LogP contribution in [0.4, 0.5) is 4.39 Å². The molecule has 2 N–H and O–H groups in total. The molecule has 1 unspecified atom stereocenters. The fourth-order valence-electron chi connectivity index (χ4n) is 1.57. The predicted octanol–water partition coefficient (Wildman–Crippen LogP) is 2.22. The van der Waals surface area contributed by atoms with Gasteiger partial charge in [0, 0.05) is 18.7 Å². The summed E-state index contributed by atoms with van der Waals surface area (Å²) in [5, 5.41) is 11.2. The lowest BCUT2D eigenvalue weighted by atomic mass is 10.2. The van der Waals surface area contributed by atoms with Crippen molar-refractivity contribution >= 4 is 18.0 Å². The van der Waals surface area contributed by atoms with Crippen LogP contribution >= 0.6 is 0 Å². The first-order chi connectivity index (χ1) is 9.92. The van der Waals surface area contributed by atoms with Crippen LogP contribution < -0.4 is 10.1 Å². The van der Waals surface area contributed by atoms with Gasteiger partial charge in [-0.25, -0.2) is 9.18 Å². The zero-order valence-electron chi connectivity index (χ0n) is 11.9. The molecular weight excluding hydrogens is 277 g/mol. The topological polar surface area (TPSA) is 75.6 Å². The number of carbonyl (C=O) groups is 2. The molecule has 0 bridgehead atoms. The molecule has 1 rings (SSSR count). The smallest absolute Gasteiger partial charge is 0.328 e. The number of benzene rings is 1. The fourth-order valence-corrected chi connectivity index (χ4v) is 1.57. The van der Waals surface area contributed by atoms with Crippen molar-refractivity contribution in [3.05, 3.63) is 35.7 Å². The van der Waals surface area contributed by atoms with Crippen LogP contribution in [-0.2, 0) is 9.59 Å². The van der Waals surface area contributed by atoms with E-state index >= 15 is 0 Å². The number of rotatable bonds is 7. The Bertz CT molecular complexity index is 542. The van der Waals surface area contributed by atoms with Gasteiger partial charge in [0.2, 0.25) is 0 Å². The van der Waals surface area contributed by atoms with E-state index in [1.54, 1.807) is 6.92 Å².